The van der Waals surface area contributed by atoms with Gasteiger partial charge in [0.05, 0.1) is 4.90 Å². The van der Waals surface area contributed by atoms with E-state index in [9.17, 15) is 8.42 Å². The lowest BCUT2D eigenvalue weighted by Gasteiger charge is -2.35. The summed E-state index contributed by atoms with van der Waals surface area (Å²) in [6.45, 7) is 8.52. The van der Waals surface area contributed by atoms with Crippen LogP contribution in [0.25, 0.3) is 0 Å². The third kappa shape index (κ3) is 4.16. The maximum Gasteiger partial charge on any atom is 0.287 e. The van der Waals surface area contributed by atoms with Crippen molar-refractivity contribution in [1.82, 2.24) is 0 Å². The van der Waals surface area contributed by atoms with Crippen LogP contribution < -0.4 is 0 Å². The van der Waals surface area contributed by atoms with E-state index in [1.54, 1.807) is 12.1 Å². The summed E-state index contributed by atoms with van der Waals surface area (Å²) < 4.78 is 29.4. The predicted molar refractivity (Wildman–Crippen MR) is 90.1 cm³/mol. The third-order valence-electron chi connectivity index (χ3n) is 3.88. The standard InChI is InChI=1S/C16H25NO2S2/c1-13-8-10-14(11-9-13)21(18,19)17-20-12-6-5-7-15(20)16(2,3)4/h8-11,15H,5-7,12H2,1-4H3/t15-,20?/m0/s1. The molecule has 0 spiro atoms. The van der Waals surface area contributed by atoms with Crippen LogP contribution in [0.3, 0.4) is 0 Å². The van der Waals surface area contributed by atoms with E-state index in [1.165, 1.54) is 6.42 Å². The smallest absolute Gasteiger partial charge is 0.199 e. The van der Waals surface area contributed by atoms with Gasteiger partial charge < -0.3 is 0 Å². The van der Waals surface area contributed by atoms with Gasteiger partial charge in [-0.15, -0.1) is 3.77 Å². The molecule has 1 aliphatic rings. The highest BCUT2D eigenvalue weighted by atomic mass is 32.3. The van der Waals surface area contributed by atoms with Crippen LogP contribution in [0.1, 0.15) is 45.6 Å². The van der Waals surface area contributed by atoms with E-state index in [4.69, 9.17) is 0 Å². The Morgan fingerprint density at radius 2 is 1.76 bits per heavy atom. The number of hydrogen-bond acceptors (Lipinski definition) is 2. The van der Waals surface area contributed by atoms with Gasteiger partial charge in [-0.3, -0.25) is 0 Å². The molecule has 1 aromatic carbocycles. The van der Waals surface area contributed by atoms with Crippen molar-refractivity contribution in [2.24, 2.45) is 9.18 Å². The van der Waals surface area contributed by atoms with Gasteiger partial charge in [-0.1, -0.05) is 55.6 Å². The number of nitrogens with zero attached hydrogens (tertiary/aromatic N) is 1. The Bertz CT molecular complexity index is 625. The Kier molecular flexibility index (Phi) is 4.93. The topological polar surface area (TPSA) is 46.5 Å². The molecule has 2 atom stereocenters. The van der Waals surface area contributed by atoms with E-state index in [-0.39, 0.29) is 5.41 Å². The second-order valence-electron chi connectivity index (χ2n) is 6.82. The largest absolute Gasteiger partial charge is 0.287 e. The van der Waals surface area contributed by atoms with Crippen molar-refractivity contribution < 1.29 is 8.42 Å². The van der Waals surface area contributed by atoms with Crippen molar-refractivity contribution in [3.8, 4) is 0 Å². The lowest BCUT2D eigenvalue weighted by atomic mass is 9.88. The second-order valence-corrected chi connectivity index (χ2v) is 10.6. The molecule has 1 aliphatic heterocycles. The average Bonchev–Trinajstić information content (AvgIpc) is 2.38. The first-order valence-electron chi connectivity index (χ1n) is 7.45. The quantitative estimate of drug-likeness (QED) is 0.821. The molecule has 1 unspecified atom stereocenters. The van der Waals surface area contributed by atoms with Crippen LogP contribution in [-0.2, 0) is 20.7 Å². The Labute approximate surface area is 131 Å². The van der Waals surface area contributed by atoms with Gasteiger partial charge in [0.1, 0.15) is 0 Å². The van der Waals surface area contributed by atoms with E-state index in [1.807, 2.05) is 19.1 Å². The molecule has 3 nitrogen and oxygen atoms in total. The minimum Gasteiger partial charge on any atom is -0.199 e. The molecule has 0 radical (unpaired) electrons. The van der Waals surface area contributed by atoms with Crippen molar-refractivity contribution in [2.45, 2.75) is 57.1 Å². The third-order valence-corrected chi connectivity index (χ3v) is 8.60. The number of hydrogen-bond donors (Lipinski definition) is 0. The van der Waals surface area contributed by atoms with E-state index in [2.05, 4.69) is 24.5 Å². The first kappa shape index (κ1) is 16.7. The highest BCUT2D eigenvalue weighted by Crippen LogP contribution is 2.33. The van der Waals surface area contributed by atoms with Crippen molar-refractivity contribution in [2.75, 3.05) is 5.75 Å². The Hall–Kier alpha value is -0.680. The lowest BCUT2D eigenvalue weighted by molar-refractivity contribution is 0.365. The van der Waals surface area contributed by atoms with Crippen LogP contribution >= 0.6 is 0 Å². The van der Waals surface area contributed by atoms with Gasteiger partial charge in [0.25, 0.3) is 10.0 Å². The van der Waals surface area contributed by atoms with E-state index < -0.39 is 20.7 Å². The summed E-state index contributed by atoms with van der Waals surface area (Å²) in [5.74, 6) is 0.910. The maximum atomic E-state index is 12.5. The van der Waals surface area contributed by atoms with Crippen molar-refractivity contribution >= 4 is 20.7 Å². The molecular weight excluding hydrogens is 302 g/mol. The summed E-state index contributed by atoms with van der Waals surface area (Å²) in [4.78, 5) is 0.318. The molecule has 0 N–H and O–H groups in total. The van der Waals surface area contributed by atoms with Gasteiger partial charge in [0.2, 0.25) is 0 Å². The van der Waals surface area contributed by atoms with Crippen molar-refractivity contribution in [3.63, 3.8) is 0 Å². The number of benzene rings is 1. The summed E-state index contributed by atoms with van der Waals surface area (Å²) >= 11 is 0. The molecule has 5 heteroatoms. The number of aryl methyl sites for hydroxylation is 1. The molecule has 0 saturated carbocycles. The van der Waals surface area contributed by atoms with E-state index >= 15 is 0 Å². The van der Waals surface area contributed by atoms with Gasteiger partial charge in [-0.25, -0.2) is 0 Å². The zero-order valence-electron chi connectivity index (χ0n) is 13.3. The summed E-state index contributed by atoms with van der Waals surface area (Å²) in [6, 6.07) is 6.97. The van der Waals surface area contributed by atoms with E-state index in [0.29, 0.717) is 10.1 Å². The predicted octanol–water partition coefficient (Wildman–Crippen LogP) is 4.08. The van der Waals surface area contributed by atoms with E-state index in [0.717, 1.165) is 24.2 Å². The maximum absolute atomic E-state index is 12.5. The molecule has 1 aromatic rings. The van der Waals surface area contributed by atoms with Gasteiger partial charge in [0, 0.05) is 11.0 Å². The summed E-state index contributed by atoms with van der Waals surface area (Å²) in [6.07, 6.45) is 3.35. The summed E-state index contributed by atoms with van der Waals surface area (Å²) in [7, 11) is -3.92. The molecule has 0 aliphatic carbocycles. The van der Waals surface area contributed by atoms with Crippen LogP contribution in [-0.4, -0.2) is 19.4 Å². The average molecular weight is 328 g/mol. The molecule has 2 rings (SSSR count). The number of rotatable bonds is 2. The van der Waals surface area contributed by atoms with Crippen LogP contribution in [0.4, 0.5) is 0 Å². The highest BCUT2D eigenvalue weighted by molar-refractivity contribution is 8.00. The highest BCUT2D eigenvalue weighted by Gasteiger charge is 2.31. The van der Waals surface area contributed by atoms with Crippen LogP contribution in [0, 0.1) is 12.3 Å². The molecule has 1 heterocycles. The fourth-order valence-corrected chi connectivity index (χ4v) is 7.25. The number of sulfonamides is 1. The molecule has 0 aromatic heterocycles. The molecule has 1 fully saturated rings. The van der Waals surface area contributed by atoms with Crippen LogP contribution in [0.15, 0.2) is 32.9 Å². The van der Waals surface area contributed by atoms with Gasteiger partial charge in [0.15, 0.2) is 0 Å². The molecule has 0 amide bonds. The van der Waals surface area contributed by atoms with Crippen molar-refractivity contribution in [1.29, 1.82) is 0 Å². The van der Waals surface area contributed by atoms with Crippen molar-refractivity contribution in [3.05, 3.63) is 29.8 Å². The molecule has 0 bridgehead atoms. The first-order chi connectivity index (χ1) is 9.70. The molecule has 1 saturated heterocycles. The van der Waals surface area contributed by atoms with Crippen LogP contribution in [0.5, 0.6) is 0 Å². The Morgan fingerprint density at radius 3 is 2.33 bits per heavy atom. The summed E-state index contributed by atoms with van der Waals surface area (Å²) in [5.41, 5.74) is 1.16. The Balaban J connectivity index is 2.37. The van der Waals surface area contributed by atoms with Gasteiger partial charge in [-0.05, 0) is 37.3 Å². The SMILES string of the molecule is Cc1ccc(S(=O)(=O)N=S2CCCC[C@H]2C(C)(C)C)cc1. The zero-order chi connectivity index (χ0) is 15.7. The second kappa shape index (κ2) is 6.21. The minimum atomic E-state index is -3.53. The summed E-state index contributed by atoms with van der Waals surface area (Å²) in [5, 5.41) is 0.367. The minimum absolute atomic E-state index is 0.107. The monoisotopic (exact) mass is 327 g/mol. The van der Waals surface area contributed by atoms with Gasteiger partial charge >= 0.3 is 0 Å². The normalized spacial score (nSPS) is 24.2. The molecule has 118 valence electrons. The lowest BCUT2D eigenvalue weighted by Crippen LogP contribution is -2.35. The zero-order valence-corrected chi connectivity index (χ0v) is 14.9. The van der Waals surface area contributed by atoms with Crippen LogP contribution in [0.2, 0.25) is 0 Å². The fraction of sp³-hybridized carbons (Fsp3) is 0.625. The fourth-order valence-electron chi connectivity index (χ4n) is 2.67. The first-order valence-corrected chi connectivity index (χ1v) is 10.3. The molecular formula is C16H25NO2S2. The molecule has 21 heavy (non-hydrogen) atoms. The van der Waals surface area contributed by atoms with Gasteiger partial charge in [-0.2, -0.15) is 8.42 Å². The Morgan fingerprint density at radius 1 is 1.14 bits per heavy atom.